The van der Waals surface area contributed by atoms with E-state index in [9.17, 15) is 9.59 Å². The lowest BCUT2D eigenvalue weighted by atomic mass is 10.2. The standard InChI is InChI=1S/C8H13NO4/c1-8(2,3)13-4-6(7(11)12)9-5-10/h6H,4H2,1-3H3,(H,11,12). The van der Waals surface area contributed by atoms with Crippen molar-refractivity contribution < 1.29 is 19.4 Å². The predicted molar refractivity (Wildman–Crippen MR) is 45.3 cm³/mol. The molecular formula is C8H13NO4. The van der Waals surface area contributed by atoms with Crippen molar-refractivity contribution in [3.63, 3.8) is 0 Å². The Balaban J connectivity index is 4.13. The molecule has 0 bridgehead atoms. The summed E-state index contributed by atoms with van der Waals surface area (Å²) in [6, 6.07) is -1.16. The van der Waals surface area contributed by atoms with Crippen molar-refractivity contribution in [1.82, 2.24) is 0 Å². The molecule has 0 aromatic rings. The van der Waals surface area contributed by atoms with Crippen LogP contribution in [0.15, 0.2) is 4.99 Å². The van der Waals surface area contributed by atoms with Crippen molar-refractivity contribution in [1.29, 1.82) is 0 Å². The van der Waals surface area contributed by atoms with E-state index in [-0.39, 0.29) is 6.61 Å². The van der Waals surface area contributed by atoms with Gasteiger partial charge in [-0.3, -0.25) is 0 Å². The minimum atomic E-state index is -1.19. The summed E-state index contributed by atoms with van der Waals surface area (Å²) in [5.41, 5.74) is -0.438. The van der Waals surface area contributed by atoms with Crippen LogP contribution in [-0.2, 0) is 14.3 Å². The number of carbonyl (C=O) groups is 1. The molecule has 74 valence electrons. The normalized spacial score (nSPS) is 13.2. The summed E-state index contributed by atoms with van der Waals surface area (Å²) < 4.78 is 5.15. The topological polar surface area (TPSA) is 76.0 Å². The van der Waals surface area contributed by atoms with E-state index in [0.29, 0.717) is 0 Å². The largest absolute Gasteiger partial charge is 0.480 e. The van der Waals surface area contributed by atoms with Gasteiger partial charge < -0.3 is 9.84 Å². The lowest BCUT2D eigenvalue weighted by Crippen LogP contribution is -2.30. The average molecular weight is 187 g/mol. The Hall–Kier alpha value is -1.19. The van der Waals surface area contributed by atoms with E-state index < -0.39 is 17.6 Å². The summed E-state index contributed by atoms with van der Waals surface area (Å²) >= 11 is 0. The van der Waals surface area contributed by atoms with E-state index >= 15 is 0 Å². The molecule has 0 spiro atoms. The monoisotopic (exact) mass is 187 g/mol. The van der Waals surface area contributed by atoms with E-state index in [2.05, 4.69) is 4.99 Å². The van der Waals surface area contributed by atoms with Crippen molar-refractivity contribution >= 4 is 12.0 Å². The highest BCUT2D eigenvalue weighted by molar-refractivity contribution is 5.74. The van der Waals surface area contributed by atoms with E-state index in [1.54, 1.807) is 20.8 Å². The van der Waals surface area contributed by atoms with Gasteiger partial charge in [0.25, 0.3) is 0 Å². The maximum absolute atomic E-state index is 10.5. The number of aliphatic imine (C=N–C) groups is 1. The van der Waals surface area contributed by atoms with Crippen LogP contribution in [0, 0.1) is 0 Å². The van der Waals surface area contributed by atoms with Crippen molar-refractivity contribution in [3.8, 4) is 0 Å². The number of hydrogen-bond donors (Lipinski definition) is 1. The Morgan fingerprint density at radius 1 is 1.62 bits per heavy atom. The van der Waals surface area contributed by atoms with Crippen LogP contribution in [0.25, 0.3) is 0 Å². The third-order valence-electron chi connectivity index (χ3n) is 1.17. The van der Waals surface area contributed by atoms with Gasteiger partial charge in [-0.05, 0) is 20.8 Å². The van der Waals surface area contributed by atoms with E-state index in [0.717, 1.165) is 0 Å². The molecule has 0 saturated heterocycles. The van der Waals surface area contributed by atoms with Gasteiger partial charge in [-0.15, -0.1) is 0 Å². The summed E-state index contributed by atoms with van der Waals surface area (Å²) in [4.78, 5) is 23.4. The van der Waals surface area contributed by atoms with Crippen molar-refractivity contribution in [2.75, 3.05) is 6.61 Å². The number of carboxylic acid groups (broad SMARTS) is 1. The van der Waals surface area contributed by atoms with Gasteiger partial charge in [0.1, 0.15) is 0 Å². The smallest absolute Gasteiger partial charge is 0.331 e. The number of carbonyl (C=O) groups excluding carboxylic acids is 1. The minimum absolute atomic E-state index is 0.117. The SMILES string of the molecule is CC(C)(C)OCC(N=C=O)C(=O)O. The highest BCUT2D eigenvalue weighted by Crippen LogP contribution is 2.08. The van der Waals surface area contributed by atoms with Crippen molar-refractivity contribution in [3.05, 3.63) is 0 Å². The Bertz CT molecular complexity index is 223. The highest BCUT2D eigenvalue weighted by atomic mass is 16.5. The zero-order chi connectivity index (χ0) is 10.5. The lowest BCUT2D eigenvalue weighted by molar-refractivity contribution is -0.141. The second-order valence-corrected chi connectivity index (χ2v) is 3.50. The third kappa shape index (κ3) is 6.02. The Morgan fingerprint density at radius 2 is 2.15 bits per heavy atom. The molecule has 5 nitrogen and oxygen atoms in total. The van der Waals surface area contributed by atoms with Gasteiger partial charge in [0, 0.05) is 0 Å². The van der Waals surface area contributed by atoms with Crippen LogP contribution in [0.2, 0.25) is 0 Å². The first kappa shape index (κ1) is 11.8. The molecule has 0 radical (unpaired) electrons. The summed E-state index contributed by atoms with van der Waals surface area (Å²) in [5, 5.41) is 8.55. The summed E-state index contributed by atoms with van der Waals surface area (Å²) in [6.45, 7) is 5.25. The summed E-state index contributed by atoms with van der Waals surface area (Å²) in [5.74, 6) is -1.19. The van der Waals surface area contributed by atoms with Crippen molar-refractivity contribution in [2.24, 2.45) is 4.99 Å². The van der Waals surface area contributed by atoms with Gasteiger partial charge in [-0.25, -0.2) is 9.59 Å². The highest BCUT2D eigenvalue weighted by Gasteiger charge is 2.20. The Kier molecular flexibility index (Phi) is 4.31. The number of hydrogen-bond acceptors (Lipinski definition) is 4. The second kappa shape index (κ2) is 4.74. The molecule has 0 aliphatic carbocycles. The molecule has 0 heterocycles. The number of ether oxygens (including phenoxy) is 1. The second-order valence-electron chi connectivity index (χ2n) is 3.50. The molecule has 0 aromatic carbocycles. The predicted octanol–water partition coefficient (Wildman–Crippen LogP) is 0.591. The van der Waals surface area contributed by atoms with Crippen LogP contribution in [0.1, 0.15) is 20.8 Å². The number of nitrogens with zero attached hydrogens (tertiary/aromatic N) is 1. The van der Waals surface area contributed by atoms with Crippen LogP contribution < -0.4 is 0 Å². The maximum atomic E-state index is 10.5. The van der Waals surface area contributed by atoms with Crippen LogP contribution >= 0.6 is 0 Å². The first-order valence-corrected chi connectivity index (χ1v) is 3.80. The first-order chi connectivity index (χ1) is 5.87. The molecular weight excluding hydrogens is 174 g/mol. The van der Waals surface area contributed by atoms with Gasteiger partial charge in [0.2, 0.25) is 6.08 Å². The molecule has 1 N–H and O–H groups in total. The fourth-order valence-electron chi connectivity index (χ4n) is 0.556. The van der Waals surface area contributed by atoms with E-state index in [1.165, 1.54) is 6.08 Å². The molecule has 1 unspecified atom stereocenters. The quantitative estimate of drug-likeness (QED) is 0.516. The van der Waals surface area contributed by atoms with Crippen molar-refractivity contribution in [2.45, 2.75) is 32.4 Å². The molecule has 1 atom stereocenters. The summed E-state index contributed by atoms with van der Waals surface area (Å²) in [7, 11) is 0. The van der Waals surface area contributed by atoms with E-state index in [1.807, 2.05) is 0 Å². The fourth-order valence-corrected chi connectivity index (χ4v) is 0.556. The molecule has 0 rings (SSSR count). The molecule has 0 saturated carbocycles. The first-order valence-electron chi connectivity index (χ1n) is 3.80. The average Bonchev–Trinajstić information content (AvgIpc) is 1.95. The van der Waals surface area contributed by atoms with Gasteiger partial charge in [0.05, 0.1) is 12.2 Å². The zero-order valence-electron chi connectivity index (χ0n) is 7.90. The fraction of sp³-hybridized carbons (Fsp3) is 0.750. The Labute approximate surface area is 76.4 Å². The molecule has 0 aromatic heterocycles. The lowest BCUT2D eigenvalue weighted by Gasteiger charge is -2.20. The maximum Gasteiger partial charge on any atom is 0.331 e. The molecule has 0 aliphatic heterocycles. The minimum Gasteiger partial charge on any atom is -0.480 e. The molecule has 5 heteroatoms. The van der Waals surface area contributed by atoms with Gasteiger partial charge in [-0.1, -0.05) is 0 Å². The molecule has 0 fully saturated rings. The summed E-state index contributed by atoms with van der Waals surface area (Å²) in [6.07, 6.45) is 1.20. The van der Waals surface area contributed by atoms with E-state index in [4.69, 9.17) is 9.84 Å². The molecule has 0 amide bonds. The zero-order valence-corrected chi connectivity index (χ0v) is 7.90. The van der Waals surface area contributed by atoms with Gasteiger partial charge >= 0.3 is 5.97 Å². The molecule has 0 aliphatic rings. The van der Waals surface area contributed by atoms with Crippen LogP contribution in [0.4, 0.5) is 0 Å². The van der Waals surface area contributed by atoms with Gasteiger partial charge in [0.15, 0.2) is 6.04 Å². The van der Waals surface area contributed by atoms with Crippen LogP contribution in [0.5, 0.6) is 0 Å². The number of rotatable bonds is 4. The third-order valence-corrected chi connectivity index (χ3v) is 1.17. The van der Waals surface area contributed by atoms with Crippen LogP contribution in [0.3, 0.4) is 0 Å². The number of aliphatic carboxylic acids is 1. The number of isocyanates is 1. The number of carboxylic acids is 1. The molecule has 13 heavy (non-hydrogen) atoms. The Morgan fingerprint density at radius 3 is 2.46 bits per heavy atom. The van der Waals surface area contributed by atoms with Gasteiger partial charge in [-0.2, -0.15) is 4.99 Å². The van der Waals surface area contributed by atoms with Crippen LogP contribution in [-0.4, -0.2) is 35.4 Å².